The van der Waals surface area contributed by atoms with Gasteiger partial charge in [0.1, 0.15) is 0 Å². The van der Waals surface area contributed by atoms with Gasteiger partial charge in [-0.15, -0.1) is 11.3 Å². The maximum atomic E-state index is 12.5. The van der Waals surface area contributed by atoms with Gasteiger partial charge in [-0.2, -0.15) is 0 Å². The second-order valence-corrected chi connectivity index (χ2v) is 7.74. The zero-order valence-corrected chi connectivity index (χ0v) is 16.1. The average molecular weight is 415 g/mol. The van der Waals surface area contributed by atoms with E-state index in [2.05, 4.69) is 10.9 Å². The van der Waals surface area contributed by atoms with E-state index in [1.165, 1.54) is 23.5 Å². The van der Waals surface area contributed by atoms with Crippen molar-refractivity contribution in [1.29, 1.82) is 0 Å². The molecule has 7 heteroatoms. The number of benzene rings is 3. The molecule has 0 saturated carbocycles. The Balaban J connectivity index is 1.54. The van der Waals surface area contributed by atoms with Gasteiger partial charge in [-0.1, -0.05) is 59.6 Å². The van der Waals surface area contributed by atoms with E-state index in [0.29, 0.717) is 9.90 Å². The maximum absolute atomic E-state index is 12.5. The van der Waals surface area contributed by atoms with Gasteiger partial charge >= 0.3 is 0 Å². The molecule has 134 valence electrons. The van der Waals surface area contributed by atoms with Crippen molar-refractivity contribution < 1.29 is 9.59 Å². The Hall–Kier alpha value is -2.60. The second-order valence-electron chi connectivity index (χ2n) is 5.85. The van der Waals surface area contributed by atoms with Crippen LogP contribution in [0.15, 0.2) is 60.7 Å². The van der Waals surface area contributed by atoms with Crippen molar-refractivity contribution in [2.75, 3.05) is 0 Å². The van der Waals surface area contributed by atoms with Crippen LogP contribution in [0.1, 0.15) is 20.0 Å². The van der Waals surface area contributed by atoms with Crippen LogP contribution in [0.25, 0.3) is 20.9 Å². The summed E-state index contributed by atoms with van der Waals surface area (Å²) in [7, 11) is 0. The number of rotatable bonds is 2. The Morgan fingerprint density at radius 3 is 2.37 bits per heavy atom. The van der Waals surface area contributed by atoms with Crippen LogP contribution in [0.5, 0.6) is 0 Å². The summed E-state index contributed by atoms with van der Waals surface area (Å²) in [6, 6.07) is 18.3. The fourth-order valence-corrected chi connectivity index (χ4v) is 4.38. The number of hydrogen-bond acceptors (Lipinski definition) is 3. The van der Waals surface area contributed by atoms with E-state index >= 15 is 0 Å². The first-order chi connectivity index (χ1) is 13.0. The fraction of sp³-hybridized carbons (Fsp3) is 0. The monoisotopic (exact) mass is 414 g/mol. The van der Waals surface area contributed by atoms with E-state index in [1.807, 2.05) is 42.5 Å². The molecule has 3 aromatic carbocycles. The van der Waals surface area contributed by atoms with Gasteiger partial charge in [0, 0.05) is 9.72 Å². The molecule has 4 aromatic rings. The summed E-state index contributed by atoms with van der Waals surface area (Å²) in [5, 5.41) is 3.83. The molecule has 4 nitrogen and oxygen atoms in total. The molecule has 0 aliphatic carbocycles. The minimum Gasteiger partial charge on any atom is -0.267 e. The number of halogens is 2. The molecule has 1 aromatic heterocycles. The molecular weight excluding hydrogens is 403 g/mol. The van der Waals surface area contributed by atoms with E-state index in [4.69, 9.17) is 23.2 Å². The second kappa shape index (κ2) is 7.19. The predicted molar refractivity (Wildman–Crippen MR) is 111 cm³/mol. The van der Waals surface area contributed by atoms with Crippen molar-refractivity contribution >= 4 is 67.2 Å². The minimum atomic E-state index is -0.517. The minimum absolute atomic E-state index is 0.211. The molecule has 0 spiro atoms. The highest BCUT2D eigenvalue weighted by Gasteiger charge is 2.15. The van der Waals surface area contributed by atoms with Crippen LogP contribution in [-0.2, 0) is 0 Å². The first-order valence-corrected chi connectivity index (χ1v) is 9.57. The Kier molecular flexibility index (Phi) is 4.74. The van der Waals surface area contributed by atoms with Gasteiger partial charge in [-0.3, -0.25) is 20.4 Å². The van der Waals surface area contributed by atoms with E-state index in [9.17, 15) is 9.59 Å². The first-order valence-electron chi connectivity index (χ1n) is 8.00. The summed E-state index contributed by atoms with van der Waals surface area (Å²) in [6.45, 7) is 0. The van der Waals surface area contributed by atoms with E-state index in [0.717, 1.165) is 20.9 Å². The molecule has 27 heavy (non-hydrogen) atoms. The van der Waals surface area contributed by atoms with Gasteiger partial charge in [0.2, 0.25) is 0 Å². The molecule has 0 bridgehead atoms. The lowest BCUT2D eigenvalue weighted by Crippen LogP contribution is -2.41. The molecule has 0 aliphatic rings. The molecule has 0 radical (unpaired) electrons. The number of thiophene rings is 1. The molecule has 0 aliphatic heterocycles. The molecule has 2 N–H and O–H groups in total. The van der Waals surface area contributed by atoms with Gasteiger partial charge in [0.25, 0.3) is 11.8 Å². The van der Waals surface area contributed by atoms with Crippen LogP contribution in [0, 0.1) is 0 Å². The predicted octanol–water partition coefficient (Wildman–Crippen LogP) is 5.44. The molecule has 0 fully saturated rings. The normalized spacial score (nSPS) is 10.9. The SMILES string of the molecule is O=C(NNC(=O)c1ccc(Cl)cc1Cl)c1cc2ccc3ccccc3c2s1. The number of hydrogen-bond donors (Lipinski definition) is 2. The fourth-order valence-electron chi connectivity index (χ4n) is 2.80. The first kappa shape index (κ1) is 17.8. The van der Waals surface area contributed by atoms with Crippen molar-refractivity contribution in [3.63, 3.8) is 0 Å². The highest BCUT2D eigenvalue weighted by atomic mass is 35.5. The van der Waals surface area contributed by atoms with Crippen LogP contribution < -0.4 is 10.9 Å². The number of fused-ring (bicyclic) bond motifs is 3. The molecule has 0 unspecified atom stereocenters. The number of amides is 2. The lowest BCUT2D eigenvalue weighted by Gasteiger charge is -2.07. The van der Waals surface area contributed by atoms with Crippen LogP contribution in [-0.4, -0.2) is 11.8 Å². The molecule has 2 amide bonds. The van der Waals surface area contributed by atoms with Crippen molar-refractivity contribution in [2.45, 2.75) is 0 Å². The molecule has 4 rings (SSSR count). The van der Waals surface area contributed by atoms with Crippen LogP contribution in [0.2, 0.25) is 10.0 Å². The Morgan fingerprint density at radius 2 is 1.56 bits per heavy atom. The number of nitrogens with one attached hydrogen (secondary N) is 2. The lowest BCUT2D eigenvalue weighted by molar-refractivity contribution is 0.0849. The summed E-state index contributed by atoms with van der Waals surface area (Å²) < 4.78 is 1.03. The van der Waals surface area contributed by atoms with Gasteiger partial charge in [-0.25, -0.2) is 0 Å². The average Bonchev–Trinajstić information content (AvgIpc) is 3.11. The highest BCUT2D eigenvalue weighted by Crippen LogP contribution is 2.32. The van der Waals surface area contributed by atoms with Crippen molar-refractivity contribution in [3.05, 3.63) is 81.1 Å². The van der Waals surface area contributed by atoms with Gasteiger partial charge in [-0.05, 0) is 40.4 Å². The van der Waals surface area contributed by atoms with Crippen molar-refractivity contribution in [2.24, 2.45) is 0 Å². The Labute approximate surface area is 168 Å². The summed E-state index contributed by atoms with van der Waals surface area (Å²) in [6.07, 6.45) is 0. The van der Waals surface area contributed by atoms with Gasteiger partial charge in [0.15, 0.2) is 0 Å². The zero-order chi connectivity index (χ0) is 19.0. The van der Waals surface area contributed by atoms with Crippen molar-refractivity contribution in [3.8, 4) is 0 Å². The number of carbonyl (C=O) groups is 2. The van der Waals surface area contributed by atoms with Crippen LogP contribution in [0.3, 0.4) is 0 Å². The third-order valence-electron chi connectivity index (χ3n) is 4.10. The quantitative estimate of drug-likeness (QED) is 0.429. The maximum Gasteiger partial charge on any atom is 0.279 e. The summed E-state index contributed by atoms with van der Waals surface area (Å²) >= 11 is 13.2. The van der Waals surface area contributed by atoms with E-state index in [1.54, 1.807) is 6.07 Å². The Bertz CT molecular complexity index is 1200. The standard InChI is InChI=1S/C20H12Cl2N2O2S/c21-13-7-8-15(16(22)10-13)19(25)23-24-20(26)17-9-12-6-5-11-3-1-2-4-14(11)18(12)27-17/h1-10H,(H,23,25)(H,24,26). The highest BCUT2D eigenvalue weighted by molar-refractivity contribution is 7.21. The zero-order valence-electron chi connectivity index (χ0n) is 13.8. The van der Waals surface area contributed by atoms with Gasteiger partial charge < -0.3 is 0 Å². The third kappa shape index (κ3) is 3.49. The van der Waals surface area contributed by atoms with Crippen molar-refractivity contribution in [1.82, 2.24) is 10.9 Å². The van der Waals surface area contributed by atoms with E-state index in [-0.39, 0.29) is 10.6 Å². The number of carbonyl (C=O) groups excluding carboxylic acids is 2. The summed E-state index contributed by atoms with van der Waals surface area (Å²) in [5.74, 6) is -0.907. The van der Waals surface area contributed by atoms with Crippen LogP contribution >= 0.6 is 34.5 Å². The van der Waals surface area contributed by atoms with E-state index < -0.39 is 11.8 Å². The largest absolute Gasteiger partial charge is 0.279 e. The van der Waals surface area contributed by atoms with Crippen LogP contribution in [0.4, 0.5) is 0 Å². The van der Waals surface area contributed by atoms with Gasteiger partial charge in [0.05, 0.1) is 15.5 Å². The topological polar surface area (TPSA) is 58.2 Å². The Morgan fingerprint density at radius 1 is 0.815 bits per heavy atom. The lowest BCUT2D eigenvalue weighted by atomic mass is 10.1. The molecule has 0 atom stereocenters. The summed E-state index contributed by atoms with van der Waals surface area (Å²) in [5.41, 5.74) is 5.03. The smallest absolute Gasteiger partial charge is 0.267 e. The number of hydrazine groups is 1. The third-order valence-corrected chi connectivity index (χ3v) is 5.83. The molecule has 1 heterocycles. The summed E-state index contributed by atoms with van der Waals surface area (Å²) in [4.78, 5) is 25.2. The molecular formula is C20H12Cl2N2O2S. The molecule has 0 saturated heterocycles.